The van der Waals surface area contributed by atoms with Gasteiger partial charge in [-0.1, -0.05) is 49.6 Å². The predicted octanol–water partition coefficient (Wildman–Crippen LogP) is 4.42. The first-order valence-corrected chi connectivity index (χ1v) is 10.5. The quantitative estimate of drug-likeness (QED) is 0.569. The van der Waals surface area contributed by atoms with Crippen molar-refractivity contribution in [3.8, 4) is 0 Å². The summed E-state index contributed by atoms with van der Waals surface area (Å²) < 4.78 is 7.49. The number of amides is 2. The molecule has 1 spiro atoms. The lowest BCUT2D eigenvalue weighted by atomic mass is 9.79. The summed E-state index contributed by atoms with van der Waals surface area (Å²) in [5, 5.41) is 0.957. The van der Waals surface area contributed by atoms with Gasteiger partial charge >= 0.3 is 6.09 Å². The Morgan fingerprint density at radius 1 is 1.17 bits per heavy atom. The summed E-state index contributed by atoms with van der Waals surface area (Å²) in [6.45, 7) is 0.267. The highest BCUT2D eigenvalue weighted by molar-refractivity contribution is 6.28. The minimum absolute atomic E-state index is 0.126. The maximum atomic E-state index is 13.7. The van der Waals surface area contributed by atoms with Crippen molar-refractivity contribution in [1.29, 1.82) is 0 Å². The van der Waals surface area contributed by atoms with Gasteiger partial charge in [0, 0.05) is 17.3 Å². The standard InChI is InChI=1S/C22H21ClN4O3/c23-20-24-12-16-11-17-13-26(21(29)30-14-15-7-3-1-4-8-15)19(28)22(9-5-2-6-10-22)27(17)18(16)25-20/h1,3-4,7-8,11-12H,2,5-6,9-10,13-14H2. The lowest BCUT2D eigenvalue weighted by Gasteiger charge is -2.44. The Hall–Kier alpha value is -2.93. The summed E-state index contributed by atoms with van der Waals surface area (Å²) in [7, 11) is 0. The highest BCUT2D eigenvalue weighted by Gasteiger charge is 2.50. The minimum atomic E-state index is -0.836. The third-order valence-corrected chi connectivity index (χ3v) is 6.27. The van der Waals surface area contributed by atoms with Crippen LogP contribution in [-0.2, 0) is 28.2 Å². The number of rotatable bonds is 2. The molecule has 0 unspecified atom stereocenters. The highest BCUT2D eigenvalue weighted by atomic mass is 35.5. The van der Waals surface area contributed by atoms with Crippen molar-refractivity contribution in [2.75, 3.05) is 0 Å². The average molecular weight is 425 g/mol. The lowest BCUT2D eigenvalue weighted by molar-refractivity contribution is -0.144. The fraction of sp³-hybridized carbons (Fsp3) is 0.364. The van der Waals surface area contributed by atoms with E-state index in [4.69, 9.17) is 16.3 Å². The molecule has 1 saturated carbocycles. The molecule has 7 nitrogen and oxygen atoms in total. The number of imide groups is 1. The maximum Gasteiger partial charge on any atom is 0.417 e. The van der Waals surface area contributed by atoms with Gasteiger partial charge in [-0.15, -0.1) is 0 Å². The second kappa shape index (κ2) is 7.40. The van der Waals surface area contributed by atoms with Crippen LogP contribution >= 0.6 is 11.6 Å². The lowest BCUT2D eigenvalue weighted by Crippen LogP contribution is -2.57. The molecule has 8 heteroatoms. The number of aromatic nitrogens is 3. The smallest absolute Gasteiger partial charge is 0.417 e. The van der Waals surface area contributed by atoms with Crippen molar-refractivity contribution in [3.05, 3.63) is 59.1 Å². The normalized spacial score (nSPS) is 17.9. The van der Waals surface area contributed by atoms with Gasteiger partial charge in [-0.05, 0) is 36.1 Å². The number of carbonyl (C=O) groups is 2. The van der Waals surface area contributed by atoms with Crippen LogP contribution in [0.25, 0.3) is 11.0 Å². The van der Waals surface area contributed by atoms with Crippen LogP contribution in [0, 0.1) is 0 Å². The molecule has 2 amide bonds. The first-order chi connectivity index (χ1) is 14.6. The molecule has 1 aliphatic carbocycles. The van der Waals surface area contributed by atoms with Crippen LogP contribution in [-0.4, -0.2) is 31.4 Å². The molecule has 0 atom stereocenters. The van der Waals surface area contributed by atoms with E-state index < -0.39 is 11.6 Å². The molecular formula is C22H21ClN4O3. The fourth-order valence-corrected chi connectivity index (χ4v) is 4.84. The Bertz CT molecular complexity index is 1120. The van der Waals surface area contributed by atoms with Crippen molar-refractivity contribution in [2.45, 2.75) is 50.8 Å². The Balaban J connectivity index is 1.52. The van der Waals surface area contributed by atoms with Crippen LogP contribution in [0.5, 0.6) is 0 Å². The Morgan fingerprint density at radius 3 is 2.70 bits per heavy atom. The van der Waals surface area contributed by atoms with Gasteiger partial charge in [-0.2, -0.15) is 4.98 Å². The van der Waals surface area contributed by atoms with E-state index in [1.807, 2.05) is 41.0 Å². The first-order valence-electron chi connectivity index (χ1n) is 10.1. The number of carbonyl (C=O) groups excluding carboxylic acids is 2. The highest BCUT2D eigenvalue weighted by Crippen LogP contribution is 2.43. The van der Waals surface area contributed by atoms with Gasteiger partial charge in [-0.25, -0.2) is 14.7 Å². The number of ether oxygens (including phenoxy) is 1. The van der Waals surface area contributed by atoms with E-state index in [9.17, 15) is 9.59 Å². The zero-order chi connectivity index (χ0) is 20.7. The molecule has 0 N–H and O–H groups in total. The number of nitrogens with zero attached hydrogens (tertiary/aromatic N) is 4. The molecule has 1 aromatic carbocycles. The molecule has 154 valence electrons. The maximum absolute atomic E-state index is 13.7. The van der Waals surface area contributed by atoms with Crippen LogP contribution in [0.1, 0.15) is 43.4 Å². The molecule has 1 aliphatic heterocycles. The van der Waals surface area contributed by atoms with Crippen molar-refractivity contribution in [1.82, 2.24) is 19.4 Å². The van der Waals surface area contributed by atoms with E-state index in [2.05, 4.69) is 9.97 Å². The molecule has 0 saturated heterocycles. The van der Waals surface area contributed by atoms with Gasteiger partial charge in [0.05, 0.1) is 6.54 Å². The third-order valence-electron chi connectivity index (χ3n) is 6.09. The van der Waals surface area contributed by atoms with E-state index in [0.717, 1.165) is 35.9 Å². The molecule has 5 rings (SSSR count). The van der Waals surface area contributed by atoms with Gasteiger partial charge in [0.25, 0.3) is 5.91 Å². The summed E-state index contributed by atoms with van der Waals surface area (Å²) in [5.41, 5.74) is 1.54. The van der Waals surface area contributed by atoms with Crippen LogP contribution < -0.4 is 0 Å². The Morgan fingerprint density at radius 2 is 1.93 bits per heavy atom. The van der Waals surface area contributed by atoms with Crippen LogP contribution in [0.2, 0.25) is 5.28 Å². The van der Waals surface area contributed by atoms with Crippen molar-refractivity contribution in [3.63, 3.8) is 0 Å². The fourth-order valence-electron chi connectivity index (χ4n) is 4.72. The molecule has 30 heavy (non-hydrogen) atoms. The van der Waals surface area contributed by atoms with Gasteiger partial charge < -0.3 is 9.30 Å². The molecule has 1 fully saturated rings. The number of halogens is 1. The van der Waals surface area contributed by atoms with E-state index in [1.54, 1.807) is 6.20 Å². The first kappa shape index (κ1) is 19.1. The summed E-state index contributed by atoms with van der Waals surface area (Å²) in [4.78, 5) is 36.3. The van der Waals surface area contributed by atoms with E-state index in [0.29, 0.717) is 18.5 Å². The van der Waals surface area contributed by atoms with Gasteiger partial charge in [0.1, 0.15) is 17.8 Å². The average Bonchev–Trinajstić information content (AvgIpc) is 3.14. The number of benzene rings is 1. The predicted molar refractivity (Wildman–Crippen MR) is 111 cm³/mol. The monoisotopic (exact) mass is 424 g/mol. The topological polar surface area (TPSA) is 77.3 Å². The van der Waals surface area contributed by atoms with Gasteiger partial charge in [0.2, 0.25) is 5.28 Å². The molecule has 3 heterocycles. The van der Waals surface area contributed by atoms with E-state index >= 15 is 0 Å². The molecule has 0 radical (unpaired) electrons. The van der Waals surface area contributed by atoms with E-state index in [1.165, 1.54) is 4.90 Å². The third kappa shape index (κ3) is 3.04. The van der Waals surface area contributed by atoms with Crippen LogP contribution in [0.4, 0.5) is 4.79 Å². The molecule has 3 aromatic rings. The number of fused-ring (bicyclic) bond motifs is 4. The van der Waals surface area contributed by atoms with Crippen LogP contribution in [0.15, 0.2) is 42.6 Å². The van der Waals surface area contributed by atoms with Crippen molar-refractivity contribution in [2.24, 2.45) is 0 Å². The molecule has 2 aromatic heterocycles. The zero-order valence-electron chi connectivity index (χ0n) is 16.4. The van der Waals surface area contributed by atoms with Crippen LogP contribution in [0.3, 0.4) is 0 Å². The second-order valence-electron chi connectivity index (χ2n) is 7.91. The van der Waals surface area contributed by atoms with E-state index in [-0.39, 0.29) is 24.3 Å². The Labute approximate surface area is 178 Å². The SMILES string of the molecule is O=C(OCc1ccccc1)N1Cc2cc3cnc(Cl)nc3n2C2(CCCCC2)C1=O. The number of hydrogen-bond acceptors (Lipinski definition) is 5. The summed E-state index contributed by atoms with van der Waals surface area (Å²) in [6.07, 6.45) is 5.26. The van der Waals surface area contributed by atoms with Crippen molar-refractivity contribution < 1.29 is 14.3 Å². The molecule has 2 aliphatic rings. The van der Waals surface area contributed by atoms with Crippen molar-refractivity contribution >= 4 is 34.6 Å². The molecular weight excluding hydrogens is 404 g/mol. The Kier molecular flexibility index (Phi) is 4.70. The summed E-state index contributed by atoms with van der Waals surface area (Å²) in [5.74, 6) is -0.222. The largest absolute Gasteiger partial charge is 0.444 e. The molecule has 0 bridgehead atoms. The van der Waals surface area contributed by atoms with Gasteiger partial charge in [0.15, 0.2) is 0 Å². The number of hydrogen-bond donors (Lipinski definition) is 0. The minimum Gasteiger partial charge on any atom is -0.444 e. The van der Waals surface area contributed by atoms with Gasteiger partial charge in [-0.3, -0.25) is 4.79 Å². The summed E-state index contributed by atoms with van der Waals surface area (Å²) >= 11 is 6.06. The second-order valence-corrected chi connectivity index (χ2v) is 8.25. The zero-order valence-corrected chi connectivity index (χ0v) is 17.1. The summed E-state index contributed by atoms with van der Waals surface area (Å²) in [6, 6.07) is 11.4.